The van der Waals surface area contributed by atoms with Crippen LogP contribution in [0.5, 0.6) is 5.75 Å². The number of nitrogens with one attached hydrogen (secondary N) is 1. The van der Waals surface area contributed by atoms with E-state index in [4.69, 9.17) is 9.47 Å². The van der Waals surface area contributed by atoms with Crippen molar-refractivity contribution in [2.45, 2.75) is 45.8 Å². The van der Waals surface area contributed by atoms with Crippen LogP contribution >= 0.6 is 0 Å². The van der Waals surface area contributed by atoms with E-state index < -0.39 is 0 Å². The third kappa shape index (κ3) is 7.43. The van der Waals surface area contributed by atoms with Gasteiger partial charge in [-0.2, -0.15) is 0 Å². The van der Waals surface area contributed by atoms with Crippen LogP contribution in [-0.2, 0) is 14.3 Å². The number of fused-ring (bicyclic) bond motifs is 1. The summed E-state index contributed by atoms with van der Waals surface area (Å²) in [6.07, 6.45) is 0.884. The molecule has 0 unspecified atom stereocenters. The molecule has 9 nitrogen and oxygen atoms in total. The Bertz CT molecular complexity index is 860. The fraction of sp³-hybridized carbons (Fsp3) is 0.640. The zero-order chi connectivity index (χ0) is 25.4. The highest BCUT2D eigenvalue weighted by Crippen LogP contribution is 2.26. The van der Waals surface area contributed by atoms with Crippen molar-refractivity contribution in [2.24, 2.45) is 5.92 Å². The van der Waals surface area contributed by atoms with Gasteiger partial charge < -0.3 is 29.5 Å². The third-order valence-corrected chi connectivity index (χ3v) is 5.98. The Morgan fingerprint density at radius 3 is 2.56 bits per heavy atom. The van der Waals surface area contributed by atoms with E-state index in [1.165, 1.54) is 0 Å². The molecular weight excluding hydrogens is 436 g/mol. The van der Waals surface area contributed by atoms with Gasteiger partial charge in [0.2, 0.25) is 11.8 Å². The van der Waals surface area contributed by atoms with Crippen molar-refractivity contribution in [1.29, 1.82) is 0 Å². The summed E-state index contributed by atoms with van der Waals surface area (Å²) in [5.41, 5.74) is 0.903. The number of amides is 3. The van der Waals surface area contributed by atoms with E-state index in [1.54, 1.807) is 37.3 Å². The van der Waals surface area contributed by atoms with Crippen molar-refractivity contribution in [2.75, 3.05) is 59.8 Å². The van der Waals surface area contributed by atoms with Crippen LogP contribution in [0.25, 0.3) is 0 Å². The number of rotatable bonds is 6. The van der Waals surface area contributed by atoms with Gasteiger partial charge in [0.1, 0.15) is 12.4 Å². The SMILES string of the molecule is CCCC(=O)Nc1ccc2c(c1)C(=O)N(C)C[C@H](OC)[C@@H](C)CN(C(=O)CN(C)C)[C@H](C)CO2. The summed E-state index contributed by atoms with van der Waals surface area (Å²) in [6, 6.07) is 4.86. The molecule has 9 heteroatoms. The lowest BCUT2D eigenvalue weighted by molar-refractivity contribution is -0.136. The van der Waals surface area contributed by atoms with Crippen LogP contribution in [0.2, 0.25) is 0 Å². The molecule has 190 valence electrons. The maximum atomic E-state index is 13.4. The maximum absolute atomic E-state index is 13.4. The van der Waals surface area contributed by atoms with Gasteiger partial charge in [-0.3, -0.25) is 14.4 Å². The Morgan fingerprint density at radius 2 is 1.94 bits per heavy atom. The standard InChI is InChI=1S/C25H40N4O5/c1-8-9-23(30)26-19-10-11-21-20(12-19)25(32)28(6)14-22(33-7)17(2)13-29(18(3)16-34-21)24(31)15-27(4)5/h10-12,17-18,22H,8-9,13-16H2,1-7H3,(H,26,30)/t17-,18+,22-/m0/s1. The third-order valence-electron chi connectivity index (χ3n) is 5.98. The first kappa shape index (κ1) is 27.6. The van der Waals surface area contributed by atoms with E-state index in [0.29, 0.717) is 43.1 Å². The number of carbonyl (C=O) groups is 3. The van der Waals surface area contributed by atoms with Gasteiger partial charge in [0.25, 0.3) is 5.91 Å². The van der Waals surface area contributed by atoms with Crippen LogP contribution in [0.15, 0.2) is 18.2 Å². The quantitative estimate of drug-likeness (QED) is 0.678. The zero-order valence-electron chi connectivity index (χ0n) is 21.6. The average Bonchev–Trinajstić information content (AvgIpc) is 2.77. The summed E-state index contributed by atoms with van der Waals surface area (Å²) in [7, 11) is 7.07. The van der Waals surface area contributed by atoms with Gasteiger partial charge in [-0.15, -0.1) is 0 Å². The fourth-order valence-corrected chi connectivity index (χ4v) is 4.01. The topological polar surface area (TPSA) is 91.4 Å². The van der Waals surface area contributed by atoms with E-state index >= 15 is 0 Å². The molecule has 0 spiro atoms. The second-order valence-electron chi connectivity index (χ2n) is 9.39. The minimum absolute atomic E-state index is 0.00706. The molecule has 1 N–H and O–H groups in total. The largest absolute Gasteiger partial charge is 0.491 e. The molecule has 2 rings (SSSR count). The van der Waals surface area contributed by atoms with Gasteiger partial charge in [-0.25, -0.2) is 0 Å². The van der Waals surface area contributed by atoms with Crippen molar-refractivity contribution >= 4 is 23.4 Å². The van der Waals surface area contributed by atoms with E-state index in [9.17, 15) is 14.4 Å². The number of benzene rings is 1. The Labute approximate surface area is 203 Å². The normalized spacial score (nSPS) is 21.9. The molecule has 0 saturated heterocycles. The highest BCUT2D eigenvalue weighted by molar-refractivity contribution is 5.99. The summed E-state index contributed by atoms with van der Waals surface area (Å²) in [6.45, 7) is 7.28. The molecule has 0 aromatic heterocycles. The molecule has 0 radical (unpaired) electrons. The smallest absolute Gasteiger partial charge is 0.257 e. The lowest BCUT2D eigenvalue weighted by Crippen LogP contribution is -2.50. The highest BCUT2D eigenvalue weighted by atomic mass is 16.5. The number of likely N-dealkylation sites (N-methyl/N-ethyl adjacent to an activating group) is 2. The zero-order valence-corrected chi connectivity index (χ0v) is 21.6. The minimum atomic E-state index is -0.257. The maximum Gasteiger partial charge on any atom is 0.257 e. The highest BCUT2D eigenvalue weighted by Gasteiger charge is 2.30. The molecule has 1 aliphatic heterocycles. The van der Waals surface area contributed by atoms with Crippen molar-refractivity contribution in [3.63, 3.8) is 0 Å². The predicted molar refractivity (Wildman–Crippen MR) is 132 cm³/mol. The van der Waals surface area contributed by atoms with Gasteiger partial charge in [0.15, 0.2) is 0 Å². The second kappa shape index (κ2) is 12.7. The molecule has 0 bridgehead atoms. The fourth-order valence-electron chi connectivity index (χ4n) is 4.01. The summed E-state index contributed by atoms with van der Waals surface area (Å²) in [4.78, 5) is 43.7. The molecular formula is C25H40N4O5. The number of hydrogen-bond donors (Lipinski definition) is 1. The number of methoxy groups -OCH3 is 1. The van der Waals surface area contributed by atoms with Gasteiger partial charge >= 0.3 is 0 Å². The molecule has 0 saturated carbocycles. The minimum Gasteiger partial charge on any atom is -0.491 e. The molecule has 3 atom stereocenters. The van der Waals surface area contributed by atoms with Crippen molar-refractivity contribution in [3.05, 3.63) is 23.8 Å². The summed E-state index contributed by atoms with van der Waals surface area (Å²) in [5, 5.41) is 2.84. The number of anilines is 1. The van der Waals surface area contributed by atoms with E-state index in [-0.39, 0.29) is 42.4 Å². The molecule has 3 amide bonds. The lowest BCUT2D eigenvalue weighted by Gasteiger charge is -2.36. The summed E-state index contributed by atoms with van der Waals surface area (Å²) < 4.78 is 11.8. The van der Waals surface area contributed by atoms with Gasteiger partial charge in [-0.1, -0.05) is 13.8 Å². The van der Waals surface area contributed by atoms with E-state index in [2.05, 4.69) is 5.32 Å². The van der Waals surface area contributed by atoms with Crippen molar-refractivity contribution in [1.82, 2.24) is 14.7 Å². The first-order valence-electron chi connectivity index (χ1n) is 11.9. The summed E-state index contributed by atoms with van der Waals surface area (Å²) in [5.74, 6) is 0.101. The molecule has 1 aromatic rings. The Morgan fingerprint density at radius 1 is 1.24 bits per heavy atom. The van der Waals surface area contributed by atoms with E-state index in [1.807, 2.05) is 44.7 Å². The molecule has 1 aromatic carbocycles. The van der Waals surface area contributed by atoms with Gasteiger partial charge in [0, 0.05) is 45.3 Å². The van der Waals surface area contributed by atoms with Crippen LogP contribution in [0.1, 0.15) is 44.0 Å². The molecule has 34 heavy (non-hydrogen) atoms. The van der Waals surface area contributed by atoms with Gasteiger partial charge in [0.05, 0.1) is 24.3 Å². The number of carbonyl (C=O) groups excluding carboxylic acids is 3. The summed E-state index contributed by atoms with van der Waals surface area (Å²) >= 11 is 0. The van der Waals surface area contributed by atoms with Gasteiger partial charge in [-0.05, 0) is 45.6 Å². The monoisotopic (exact) mass is 476 g/mol. The van der Waals surface area contributed by atoms with Crippen molar-refractivity contribution < 1.29 is 23.9 Å². The number of hydrogen-bond acceptors (Lipinski definition) is 6. The van der Waals surface area contributed by atoms with Crippen LogP contribution in [0, 0.1) is 5.92 Å². The van der Waals surface area contributed by atoms with Crippen LogP contribution < -0.4 is 10.1 Å². The molecule has 0 fully saturated rings. The van der Waals surface area contributed by atoms with Crippen LogP contribution in [0.3, 0.4) is 0 Å². The van der Waals surface area contributed by atoms with Crippen LogP contribution in [0.4, 0.5) is 5.69 Å². The van der Waals surface area contributed by atoms with Crippen molar-refractivity contribution in [3.8, 4) is 5.75 Å². The number of ether oxygens (including phenoxy) is 2. The molecule has 0 aliphatic carbocycles. The number of nitrogens with zero attached hydrogens (tertiary/aromatic N) is 3. The first-order chi connectivity index (χ1) is 16.1. The molecule has 1 aliphatic rings. The Balaban J connectivity index is 2.42. The predicted octanol–water partition coefficient (Wildman–Crippen LogP) is 2.32. The van der Waals surface area contributed by atoms with E-state index in [0.717, 1.165) is 6.42 Å². The average molecular weight is 477 g/mol. The first-order valence-corrected chi connectivity index (χ1v) is 11.9. The van der Waals surface area contributed by atoms with Crippen LogP contribution in [-0.4, -0.2) is 99.1 Å². The lowest BCUT2D eigenvalue weighted by atomic mass is 10.0. The molecule has 1 heterocycles. The Kier molecular flexibility index (Phi) is 10.3. The Hall–Kier alpha value is -2.65. The second-order valence-corrected chi connectivity index (χ2v) is 9.39.